The van der Waals surface area contributed by atoms with Gasteiger partial charge in [-0.15, -0.1) is 0 Å². The molecule has 0 radical (unpaired) electrons. The van der Waals surface area contributed by atoms with Crippen molar-refractivity contribution < 1.29 is 9.53 Å². The summed E-state index contributed by atoms with van der Waals surface area (Å²) in [6.07, 6.45) is 4.05. The van der Waals surface area contributed by atoms with Crippen molar-refractivity contribution in [3.63, 3.8) is 0 Å². The molecule has 1 N–H and O–H groups in total. The van der Waals surface area contributed by atoms with Gasteiger partial charge in [-0.1, -0.05) is 39.0 Å². The van der Waals surface area contributed by atoms with Crippen molar-refractivity contribution in [3.8, 4) is 5.75 Å². The molecule has 1 amide bonds. The summed E-state index contributed by atoms with van der Waals surface area (Å²) in [5, 5.41) is 3.11. The van der Waals surface area contributed by atoms with E-state index in [1.54, 1.807) is 13.3 Å². The van der Waals surface area contributed by atoms with E-state index in [4.69, 9.17) is 4.74 Å². The maximum atomic E-state index is 12.5. The Kier molecular flexibility index (Phi) is 5.08. The molecule has 0 aliphatic rings. The smallest absolute Gasteiger partial charge is 0.221 e. The van der Waals surface area contributed by atoms with Gasteiger partial charge >= 0.3 is 0 Å². The fraction of sp³-hybridized carbons (Fsp3) is 0.444. The Morgan fingerprint density at radius 3 is 2.61 bits per heavy atom. The fourth-order valence-corrected chi connectivity index (χ4v) is 2.54. The number of nitrogens with zero attached hydrogens (tertiary/aromatic N) is 2. The normalized spacial score (nSPS) is 12.7. The summed E-state index contributed by atoms with van der Waals surface area (Å²) in [7, 11) is 3.55. The van der Waals surface area contributed by atoms with Crippen LogP contribution in [0.3, 0.4) is 0 Å². The molecular weight excluding hydrogens is 290 g/mol. The van der Waals surface area contributed by atoms with Crippen LogP contribution < -0.4 is 10.1 Å². The van der Waals surface area contributed by atoms with Crippen LogP contribution >= 0.6 is 0 Å². The number of hydrogen-bond donors (Lipinski definition) is 1. The molecule has 0 aliphatic carbocycles. The highest BCUT2D eigenvalue weighted by molar-refractivity contribution is 5.77. The predicted octanol–water partition coefficient (Wildman–Crippen LogP) is 3.07. The zero-order valence-corrected chi connectivity index (χ0v) is 14.5. The molecule has 2 aromatic rings. The van der Waals surface area contributed by atoms with Gasteiger partial charge in [0.25, 0.3) is 0 Å². The summed E-state index contributed by atoms with van der Waals surface area (Å²) >= 11 is 0. The van der Waals surface area contributed by atoms with E-state index in [0.29, 0.717) is 6.42 Å². The average molecular weight is 315 g/mol. The number of rotatable bonds is 5. The second kappa shape index (κ2) is 6.86. The molecule has 1 aromatic carbocycles. The number of aromatic nitrogens is 2. The maximum absolute atomic E-state index is 12.5. The molecule has 1 atom stereocenters. The van der Waals surface area contributed by atoms with Crippen molar-refractivity contribution in [2.75, 3.05) is 7.11 Å². The van der Waals surface area contributed by atoms with Gasteiger partial charge in [0.1, 0.15) is 17.6 Å². The van der Waals surface area contributed by atoms with Gasteiger partial charge in [0.05, 0.1) is 7.11 Å². The molecule has 5 heteroatoms. The summed E-state index contributed by atoms with van der Waals surface area (Å²) in [6, 6.07) is 7.34. The first-order valence-electron chi connectivity index (χ1n) is 7.71. The van der Waals surface area contributed by atoms with Crippen molar-refractivity contribution in [1.29, 1.82) is 0 Å². The van der Waals surface area contributed by atoms with E-state index >= 15 is 0 Å². The largest absolute Gasteiger partial charge is 0.496 e. The number of carbonyl (C=O) groups is 1. The minimum absolute atomic E-state index is 0.00333. The number of nitrogens with one attached hydrogen (secondary N) is 1. The van der Waals surface area contributed by atoms with Gasteiger partial charge in [-0.3, -0.25) is 4.79 Å². The zero-order chi connectivity index (χ0) is 17.0. The molecule has 1 heterocycles. The van der Waals surface area contributed by atoms with Crippen LogP contribution in [0.1, 0.15) is 44.6 Å². The van der Waals surface area contributed by atoms with Crippen molar-refractivity contribution in [3.05, 3.63) is 48.0 Å². The van der Waals surface area contributed by atoms with Crippen LogP contribution in [0, 0.1) is 5.41 Å². The van der Waals surface area contributed by atoms with Crippen LogP contribution in [0.4, 0.5) is 0 Å². The Balaban J connectivity index is 2.37. The minimum atomic E-state index is -0.346. The van der Waals surface area contributed by atoms with Crippen LogP contribution in [0.15, 0.2) is 36.7 Å². The number of benzene rings is 1. The van der Waals surface area contributed by atoms with Gasteiger partial charge < -0.3 is 14.6 Å². The van der Waals surface area contributed by atoms with E-state index in [0.717, 1.165) is 17.1 Å². The first-order chi connectivity index (χ1) is 10.8. The van der Waals surface area contributed by atoms with Crippen molar-refractivity contribution in [2.45, 2.75) is 33.2 Å². The average Bonchev–Trinajstić information content (AvgIpc) is 2.89. The lowest BCUT2D eigenvalue weighted by Gasteiger charge is -2.24. The molecule has 0 spiro atoms. The van der Waals surface area contributed by atoms with Crippen LogP contribution in [-0.2, 0) is 11.8 Å². The molecule has 0 saturated carbocycles. The lowest BCUT2D eigenvalue weighted by atomic mass is 9.91. The van der Waals surface area contributed by atoms with E-state index < -0.39 is 0 Å². The first kappa shape index (κ1) is 17.1. The molecule has 0 aliphatic heterocycles. The fourth-order valence-electron chi connectivity index (χ4n) is 2.54. The Bertz CT molecular complexity index is 671. The molecule has 1 aromatic heterocycles. The molecule has 0 saturated heterocycles. The molecular formula is C18H25N3O2. The molecule has 124 valence electrons. The summed E-state index contributed by atoms with van der Waals surface area (Å²) in [5.41, 5.74) is 0.823. The summed E-state index contributed by atoms with van der Waals surface area (Å²) < 4.78 is 7.37. The van der Waals surface area contributed by atoms with Crippen molar-refractivity contribution in [1.82, 2.24) is 14.9 Å². The number of ether oxygens (including phenoxy) is 1. The second-order valence-electron chi connectivity index (χ2n) is 6.88. The molecule has 5 nitrogen and oxygen atoms in total. The first-order valence-corrected chi connectivity index (χ1v) is 7.71. The number of carbonyl (C=O) groups excluding carboxylic acids is 1. The Morgan fingerprint density at radius 1 is 1.35 bits per heavy atom. The number of methoxy groups -OCH3 is 1. The van der Waals surface area contributed by atoms with Crippen LogP contribution in [0.5, 0.6) is 5.75 Å². The van der Waals surface area contributed by atoms with E-state index in [1.165, 1.54) is 0 Å². The number of amides is 1. The standard InChI is InChI=1S/C18H25N3O2/c1-18(2,3)12-15(22)20-16(17-19-10-11-21(17)4)13-8-6-7-9-14(13)23-5/h6-11,16H,12H2,1-5H3,(H,20,22). The Hall–Kier alpha value is -2.30. The molecule has 1 unspecified atom stereocenters. The summed E-state index contributed by atoms with van der Waals surface area (Å²) in [5.74, 6) is 1.50. The predicted molar refractivity (Wildman–Crippen MR) is 90.3 cm³/mol. The van der Waals surface area contributed by atoms with E-state index in [1.807, 2.05) is 62.8 Å². The lowest BCUT2D eigenvalue weighted by Crippen LogP contribution is -2.33. The third-order valence-corrected chi connectivity index (χ3v) is 3.56. The zero-order valence-electron chi connectivity index (χ0n) is 14.5. The highest BCUT2D eigenvalue weighted by atomic mass is 16.5. The Morgan fingerprint density at radius 2 is 2.04 bits per heavy atom. The number of hydrogen-bond acceptors (Lipinski definition) is 3. The van der Waals surface area contributed by atoms with Crippen LogP contribution in [0.25, 0.3) is 0 Å². The number of para-hydroxylation sites is 1. The van der Waals surface area contributed by atoms with E-state index in [-0.39, 0.29) is 17.4 Å². The maximum Gasteiger partial charge on any atom is 0.221 e. The van der Waals surface area contributed by atoms with Gasteiger partial charge in [-0.2, -0.15) is 0 Å². The van der Waals surface area contributed by atoms with Gasteiger partial charge in [-0.05, 0) is 11.5 Å². The number of aryl methyl sites for hydroxylation is 1. The summed E-state index contributed by atoms with van der Waals surface area (Å²) in [6.45, 7) is 6.14. The third-order valence-electron chi connectivity index (χ3n) is 3.56. The third kappa shape index (κ3) is 4.34. The molecule has 23 heavy (non-hydrogen) atoms. The van der Waals surface area contributed by atoms with Gasteiger partial charge in [0.2, 0.25) is 5.91 Å². The molecule has 0 fully saturated rings. The van der Waals surface area contributed by atoms with E-state index in [9.17, 15) is 4.79 Å². The van der Waals surface area contributed by atoms with Gasteiger partial charge in [-0.25, -0.2) is 4.98 Å². The van der Waals surface area contributed by atoms with Crippen molar-refractivity contribution in [2.24, 2.45) is 12.5 Å². The topological polar surface area (TPSA) is 56.1 Å². The van der Waals surface area contributed by atoms with Crippen molar-refractivity contribution >= 4 is 5.91 Å². The molecule has 2 rings (SSSR count). The van der Waals surface area contributed by atoms with E-state index in [2.05, 4.69) is 10.3 Å². The van der Waals surface area contributed by atoms with Crippen LogP contribution in [0.2, 0.25) is 0 Å². The van der Waals surface area contributed by atoms with Gasteiger partial charge in [0.15, 0.2) is 0 Å². The SMILES string of the molecule is COc1ccccc1C(NC(=O)CC(C)(C)C)c1nccn1C. The van der Waals surface area contributed by atoms with Gasteiger partial charge in [0, 0.05) is 31.4 Å². The Labute approximate surface area is 137 Å². The minimum Gasteiger partial charge on any atom is -0.496 e. The highest BCUT2D eigenvalue weighted by Crippen LogP contribution is 2.29. The molecule has 0 bridgehead atoms. The second-order valence-corrected chi connectivity index (χ2v) is 6.88. The highest BCUT2D eigenvalue weighted by Gasteiger charge is 2.25. The summed E-state index contributed by atoms with van der Waals surface area (Å²) in [4.78, 5) is 16.9. The quantitative estimate of drug-likeness (QED) is 0.922. The van der Waals surface area contributed by atoms with Crippen LogP contribution in [-0.4, -0.2) is 22.6 Å². The lowest BCUT2D eigenvalue weighted by molar-refractivity contribution is -0.123. The number of imidazole rings is 1. The monoisotopic (exact) mass is 315 g/mol.